The van der Waals surface area contributed by atoms with E-state index in [9.17, 15) is 0 Å². The molecule has 0 N–H and O–H groups in total. The first-order valence-electron chi connectivity index (χ1n) is 2.49. The molecule has 38 valence electrons. The summed E-state index contributed by atoms with van der Waals surface area (Å²) in [4.78, 5) is 0. The minimum absolute atomic E-state index is 0.627. The molecule has 0 bridgehead atoms. The Balaban J connectivity index is 3.26. The fourth-order valence-corrected chi connectivity index (χ4v) is 0.295. The van der Waals surface area contributed by atoms with E-state index in [0.29, 0.717) is 5.57 Å². The van der Waals surface area contributed by atoms with E-state index in [1.165, 1.54) is 0 Å². The second-order valence-electron chi connectivity index (χ2n) is 1.49. The molecule has 0 aliphatic carbocycles. The van der Waals surface area contributed by atoms with Gasteiger partial charge < -0.3 is 0 Å². The van der Waals surface area contributed by atoms with Gasteiger partial charge in [0.25, 0.3) is 0 Å². The lowest BCUT2D eigenvalue weighted by molar-refractivity contribution is 1.22. The maximum atomic E-state index is 6.91. The van der Waals surface area contributed by atoms with Gasteiger partial charge in [-0.15, -0.1) is 0 Å². The summed E-state index contributed by atoms with van der Waals surface area (Å²) in [5.41, 5.74) is 0.627. The van der Waals surface area contributed by atoms with Crippen LogP contribution in [0.25, 0.3) is 0 Å². The quantitative estimate of drug-likeness (QED) is 0.460. The second kappa shape index (κ2) is 3.66. The molecule has 2 radical (unpaired) electrons. The molecule has 0 aliphatic heterocycles. The van der Waals surface area contributed by atoms with Crippen LogP contribution in [0.1, 0.15) is 20.3 Å². The average molecular weight is 94.2 g/mol. The minimum atomic E-state index is 0.627. The van der Waals surface area contributed by atoms with Crippen molar-refractivity contribution in [3.63, 3.8) is 0 Å². The Hall–Kier alpha value is -0.520. The molecule has 0 nitrogen and oxygen atoms in total. The molecule has 0 aromatic heterocycles. The zero-order valence-electron chi connectivity index (χ0n) is 4.86. The summed E-state index contributed by atoms with van der Waals surface area (Å²) in [6.45, 7) is 10.7. The highest BCUT2D eigenvalue weighted by Gasteiger charge is 1.68. The van der Waals surface area contributed by atoms with Gasteiger partial charge in [0.2, 0.25) is 0 Å². The lowest BCUT2D eigenvalue weighted by Crippen LogP contribution is -1.58. The first-order valence-corrected chi connectivity index (χ1v) is 2.49. The molecule has 0 saturated heterocycles. The van der Waals surface area contributed by atoms with Crippen molar-refractivity contribution in [2.75, 3.05) is 0 Å². The summed E-state index contributed by atoms with van der Waals surface area (Å²) in [6, 6.07) is 0. The minimum Gasteiger partial charge on any atom is -0.0845 e. The Kier molecular flexibility index (Phi) is 3.39. The molecule has 0 aromatic rings. The standard InChI is InChI=1S/C7H10/c1-4-5-6-7(2)3/h5-6H,4H2,1-2H3. The van der Waals surface area contributed by atoms with E-state index in [2.05, 4.69) is 6.92 Å². The Morgan fingerprint density at radius 1 is 1.71 bits per heavy atom. The zero-order valence-corrected chi connectivity index (χ0v) is 4.86. The van der Waals surface area contributed by atoms with Gasteiger partial charge in [-0.05, 0) is 25.5 Å². The summed E-state index contributed by atoms with van der Waals surface area (Å²) in [6.07, 6.45) is 4.80. The highest BCUT2D eigenvalue weighted by atomic mass is 13.7. The van der Waals surface area contributed by atoms with Gasteiger partial charge in [-0.25, -0.2) is 0 Å². The molecule has 0 fully saturated rings. The Morgan fingerprint density at radius 3 is 2.43 bits per heavy atom. The zero-order chi connectivity index (χ0) is 5.70. The Bertz CT molecular complexity index is 78.0. The molecule has 0 heterocycles. The van der Waals surface area contributed by atoms with Crippen LogP contribution in [0.3, 0.4) is 0 Å². The third-order valence-electron chi connectivity index (χ3n) is 0.604. The van der Waals surface area contributed by atoms with Crippen molar-refractivity contribution in [2.45, 2.75) is 20.3 Å². The van der Waals surface area contributed by atoms with Crippen molar-refractivity contribution in [2.24, 2.45) is 0 Å². The van der Waals surface area contributed by atoms with Crippen molar-refractivity contribution < 1.29 is 0 Å². The molecule has 0 heteroatoms. The van der Waals surface area contributed by atoms with Gasteiger partial charge in [-0.1, -0.05) is 19.1 Å². The van der Waals surface area contributed by atoms with Crippen LogP contribution >= 0.6 is 0 Å². The van der Waals surface area contributed by atoms with Crippen LogP contribution < -0.4 is 0 Å². The van der Waals surface area contributed by atoms with Gasteiger partial charge in [-0.3, -0.25) is 0 Å². The van der Waals surface area contributed by atoms with Gasteiger partial charge in [-0.2, -0.15) is 0 Å². The topological polar surface area (TPSA) is 0 Å². The third kappa shape index (κ3) is 5.48. The molecule has 0 aliphatic rings. The fraction of sp³-hybridized carbons (Fsp3) is 0.429. The maximum absolute atomic E-state index is 6.91. The van der Waals surface area contributed by atoms with Crippen LogP contribution in [0.4, 0.5) is 0 Å². The van der Waals surface area contributed by atoms with E-state index in [0.717, 1.165) is 6.42 Å². The molecule has 0 amide bonds. The van der Waals surface area contributed by atoms with Crippen LogP contribution in [0.15, 0.2) is 17.7 Å². The highest BCUT2D eigenvalue weighted by molar-refractivity contribution is 5.08. The summed E-state index contributed by atoms with van der Waals surface area (Å²) < 4.78 is 0. The number of rotatable bonds is 2. The highest BCUT2D eigenvalue weighted by Crippen LogP contribution is 1.88. The first-order chi connectivity index (χ1) is 3.27. The van der Waals surface area contributed by atoms with Crippen LogP contribution in [0, 0.1) is 6.58 Å². The maximum Gasteiger partial charge on any atom is -0.00642 e. The predicted octanol–water partition coefficient (Wildman–Crippen LogP) is 2.21. The molecule has 0 atom stereocenters. The second-order valence-corrected chi connectivity index (χ2v) is 1.49. The predicted molar refractivity (Wildman–Crippen MR) is 31.9 cm³/mol. The number of allylic oxidation sites excluding steroid dienone is 3. The molecule has 7 heavy (non-hydrogen) atoms. The lowest BCUT2D eigenvalue weighted by atomic mass is 10.3. The van der Waals surface area contributed by atoms with E-state index in [1.54, 1.807) is 13.0 Å². The van der Waals surface area contributed by atoms with Crippen LogP contribution in [-0.2, 0) is 0 Å². The van der Waals surface area contributed by atoms with E-state index in [-0.39, 0.29) is 0 Å². The summed E-state index contributed by atoms with van der Waals surface area (Å²) in [7, 11) is 0. The van der Waals surface area contributed by atoms with E-state index in [4.69, 9.17) is 6.58 Å². The normalized spacial score (nSPS) is 10.0. The third-order valence-corrected chi connectivity index (χ3v) is 0.604. The first kappa shape index (κ1) is 6.48. The van der Waals surface area contributed by atoms with E-state index in [1.807, 2.05) is 6.08 Å². The summed E-state index contributed by atoms with van der Waals surface area (Å²) in [5, 5.41) is 0. The Morgan fingerprint density at radius 2 is 2.29 bits per heavy atom. The SMILES string of the molecule is [C]=C(C)C=CCC. The van der Waals surface area contributed by atoms with Gasteiger partial charge >= 0.3 is 0 Å². The van der Waals surface area contributed by atoms with Crippen molar-refractivity contribution >= 4 is 0 Å². The molecule has 0 saturated carbocycles. The van der Waals surface area contributed by atoms with Crippen LogP contribution in [0.2, 0.25) is 0 Å². The Labute approximate surface area is 45.5 Å². The summed E-state index contributed by atoms with van der Waals surface area (Å²) in [5.74, 6) is 0. The van der Waals surface area contributed by atoms with Gasteiger partial charge in [0.1, 0.15) is 0 Å². The van der Waals surface area contributed by atoms with Crippen molar-refractivity contribution in [1.82, 2.24) is 0 Å². The number of hydrogen-bond donors (Lipinski definition) is 0. The average Bonchev–Trinajstić information content (AvgIpc) is 1.61. The fourth-order valence-electron chi connectivity index (χ4n) is 0.295. The molecule has 0 unspecified atom stereocenters. The van der Waals surface area contributed by atoms with E-state index >= 15 is 0 Å². The summed E-state index contributed by atoms with van der Waals surface area (Å²) >= 11 is 0. The van der Waals surface area contributed by atoms with Crippen molar-refractivity contribution in [1.29, 1.82) is 0 Å². The van der Waals surface area contributed by atoms with Gasteiger partial charge in [0, 0.05) is 0 Å². The lowest BCUT2D eigenvalue weighted by Gasteiger charge is -1.78. The van der Waals surface area contributed by atoms with Crippen LogP contribution in [-0.4, -0.2) is 0 Å². The monoisotopic (exact) mass is 94.1 g/mol. The largest absolute Gasteiger partial charge is 0.0845 e. The molecule has 0 aromatic carbocycles. The van der Waals surface area contributed by atoms with Crippen LogP contribution in [0.5, 0.6) is 0 Å². The molecular formula is C7H10. The van der Waals surface area contributed by atoms with E-state index < -0.39 is 0 Å². The number of hydrogen-bond acceptors (Lipinski definition) is 0. The van der Waals surface area contributed by atoms with Crippen molar-refractivity contribution in [3.05, 3.63) is 24.3 Å². The van der Waals surface area contributed by atoms with Gasteiger partial charge in [0.05, 0.1) is 0 Å². The molecular weight excluding hydrogens is 84.1 g/mol. The molecule has 0 spiro atoms. The molecule has 0 rings (SSSR count). The van der Waals surface area contributed by atoms with Gasteiger partial charge in [0.15, 0.2) is 0 Å². The smallest absolute Gasteiger partial charge is 0.00642 e. The van der Waals surface area contributed by atoms with Crippen molar-refractivity contribution in [3.8, 4) is 0 Å².